The predicted octanol–water partition coefficient (Wildman–Crippen LogP) is -0.360. The Labute approximate surface area is 86.2 Å². The van der Waals surface area contributed by atoms with Crippen LogP contribution in [0.25, 0.3) is 0 Å². The number of nitrogens with two attached hydrogens (primary N) is 1. The third kappa shape index (κ3) is 3.68. The average Bonchev–Trinajstić information content (AvgIpc) is 2.50. The van der Waals surface area contributed by atoms with E-state index in [2.05, 4.69) is 14.4 Å². The number of carbonyl (C=O) groups is 1. The molecule has 7 nitrogen and oxygen atoms in total. The topological polar surface area (TPSA) is 112 Å². The number of rotatable bonds is 4. The highest BCUT2D eigenvalue weighted by Crippen LogP contribution is 2.07. The van der Waals surface area contributed by atoms with Crippen molar-refractivity contribution in [1.29, 1.82) is 0 Å². The van der Waals surface area contributed by atoms with Gasteiger partial charge in [-0.2, -0.15) is 0 Å². The van der Waals surface area contributed by atoms with Gasteiger partial charge in [-0.25, -0.2) is 18.4 Å². The van der Waals surface area contributed by atoms with E-state index in [1.165, 1.54) is 6.07 Å². The second-order valence-electron chi connectivity index (χ2n) is 2.71. The summed E-state index contributed by atoms with van der Waals surface area (Å²) in [5.41, 5.74) is -0.0736. The van der Waals surface area contributed by atoms with E-state index in [4.69, 9.17) is 5.14 Å². The van der Waals surface area contributed by atoms with Gasteiger partial charge < -0.3 is 9.26 Å². The lowest BCUT2D eigenvalue weighted by molar-refractivity contribution is 0.0514. The van der Waals surface area contributed by atoms with Crippen LogP contribution < -0.4 is 5.14 Å². The lowest BCUT2D eigenvalue weighted by Gasteiger charge is -1.94. The molecule has 8 heteroatoms. The van der Waals surface area contributed by atoms with Crippen LogP contribution in [0.2, 0.25) is 0 Å². The van der Waals surface area contributed by atoms with Crippen molar-refractivity contribution in [2.75, 3.05) is 6.61 Å². The maximum atomic E-state index is 11.1. The standard InChI is InChI=1S/C7H10N2O5S/c1-2-13-7(10)6-3-5(14-9-6)4-15(8,11)12/h3H,2,4H2,1H3,(H2,8,11,12). The van der Waals surface area contributed by atoms with Crippen molar-refractivity contribution >= 4 is 16.0 Å². The number of sulfonamides is 1. The maximum Gasteiger partial charge on any atom is 0.360 e. The molecule has 0 bridgehead atoms. The molecule has 1 heterocycles. The molecule has 0 aromatic carbocycles. The van der Waals surface area contributed by atoms with Gasteiger partial charge in [0.2, 0.25) is 10.0 Å². The molecule has 0 saturated carbocycles. The SMILES string of the molecule is CCOC(=O)c1cc(CS(N)(=O)=O)on1. The Morgan fingerprint density at radius 2 is 2.33 bits per heavy atom. The molecule has 0 amide bonds. The van der Waals surface area contributed by atoms with E-state index in [-0.39, 0.29) is 18.1 Å². The number of aromatic nitrogens is 1. The van der Waals surface area contributed by atoms with Gasteiger partial charge in [0.05, 0.1) is 6.61 Å². The molecule has 1 aromatic heterocycles. The van der Waals surface area contributed by atoms with Gasteiger partial charge in [-0.3, -0.25) is 0 Å². The molecule has 84 valence electrons. The summed E-state index contributed by atoms with van der Waals surface area (Å²) >= 11 is 0. The highest BCUT2D eigenvalue weighted by Gasteiger charge is 2.16. The fourth-order valence-corrected chi connectivity index (χ4v) is 1.41. The van der Waals surface area contributed by atoms with Gasteiger partial charge in [0, 0.05) is 6.07 Å². The van der Waals surface area contributed by atoms with E-state index in [1.807, 2.05) is 0 Å². The Bertz CT molecular complexity index is 450. The lowest BCUT2D eigenvalue weighted by atomic mass is 10.4. The van der Waals surface area contributed by atoms with E-state index < -0.39 is 21.7 Å². The summed E-state index contributed by atoms with van der Waals surface area (Å²) in [5, 5.41) is 8.13. The van der Waals surface area contributed by atoms with Crippen LogP contribution in [0.4, 0.5) is 0 Å². The van der Waals surface area contributed by atoms with Gasteiger partial charge in [0.1, 0.15) is 5.75 Å². The summed E-state index contributed by atoms with van der Waals surface area (Å²) in [7, 11) is -3.69. The molecule has 0 aliphatic carbocycles. The maximum absolute atomic E-state index is 11.1. The van der Waals surface area contributed by atoms with Crippen molar-refractivity contribution in [1.82, 2.24) is 5.16 Å². The highest BCUT2D eigenvalue weighted by atomic mass is 32.2. The van der Waals surface area contributed by atoms with Crippen LogP contribution >= 0.6 is 0 Å². The minimum absolute atomic E-state index is 0.000512. The quantitative estimate of drug-likeness (QED) is 0.712. The Morgan fingerprint density at radius 3 is 2.87 bits per heavy atom. The summed E-state index contributed by atoms with van der Waals surface area (Å²) in [6.45, 7) is 1.85. The van der Waals surface area contributed by atoms with E-state index in [0.29, 0.717) is 0 Å². The van der Waals surface area contributed by atoms with E-state index in [0.717, 1.165) is 0 Å². The number of nitrogens with zero attached hydrogens (tertiary/aromatic N) is 1. The summed E-state index contributed by atoms with van der Waals surface area (Å²) in [5.74, 6) is -1.16. The van der Waals surface area contributed by atoms with Gasteiger partial charge >= 0.3 is 5.97 Å². The number of esters is 1. The van der Waals surface area contributed by atoms with Crippen molar-refractivity contribution in [3.05, 3.63) is 17.5 Å². The zero-order valence-corrected chi connectivity index (χ0v) is 8.78. The molecular weight excluding hydrogens is 224 g/mol. The Morgan fingerprint density at radius 1 is 1.67 bits per heavy atom. The fraction of sp³-hybridized carbons (Fsp3) is 0.429. The zero-order chi connectivity index (χ0) is 11.5. The zero-order valence-electron chi connectivity index (χ0n) is 7.97. The minimum Gasteiger partial charge on any atom is -0.461 e. The molecule has 0 aliphatic rings. The van der Waals surface area contributed by atoms with Gasteiger partial charge in [-0.1, -0.05) is 5.16 Å². The second kappa shape index (κ2) is 4.41. The molecule has 1 aromatic rings. The first-order valence-corrected chi connectivity index (χ1v) is 5.77. The number of hydrogen-bond acceptors (Lipinski definition) is 6. The van der Waals surface area contributed by atoms with Gasteiger partial charge in [-0.05, 0) is 6.92 Å². The Kier molecular flexibility index (Phi) is 3.43. The van der Waals surface area contributed by atoms with E-state index in [9.17, 15) is 13.2 Å². The molecule has 2 N–H and O–H groups in total. The number of ether oxygens (including phenoxy) is 1. The first-order valence-electron chi connectivity index (χ1n) is 4.05. The van der Waals surface area contributed by atoms with Crippen molar-refractivity contribution in [2.24, 2.45) is 5.14 Å². The molecule has 0 atom stereocenters. The minimum atomic E-state index is -3.69. The first-order chi connectivity index (χ1) is 6.92. The van der Waals surface area contributed by atoms with Gasteiger partial charge in [-0.15, -0.1) is 0 Å². The number of hydrogen-bond donors (Lipinski definition) is 1. The third-order valence-electron chi connectivity index (χ3n) is 1.39. The molecule has 15 heavy (non-hydrogen) atoms. The molecule has 0 spiro atoms. The normalized spacial score (nSPS) is 11.3. The molecular formula is C7H10N2O5S. The smallest absolute Gasteiger partial charge is 0.360 e. The van der Waals surface area contributed by atoms with Crippen molar-refractivity contribution in [2.45, 2.75) is 12.7 Å². The number of carbonyl (C=O) groups excluding carboxylic acids is 1. The molecule has 0 fully saturated rings. The number of primary sulfonamides is 1. The van der Waals surface area contributed by atoms with E-state index in [1.54, 1.807) is 6.92 Å². The fourth-order valence-electron chi connectivity index (χ4n) is 0.881. The Balaban J connectivity index is 2.77. The molecule has 0 radical (unpaired) electrons. The van der Waals surface area contributed by atoms with Crippen LogP contribution in [-0.2, 0) is 20.5 Å². The van der Waals surface area contributed by atoms with Crippen LogP contribution in [0.15, 0.2) is 10.6 Å². The van der Waals surface area contributed by atoms with Gasteiger partial charge in [0.25, 0.3) is 0 Å². The molecule has 0 aliphatic heterocycles. The largest absolute Gasteiger partial charge is 0.461 e. The van der Waals surface area contributed by atoms with Crippen LogP contribution in [0.1, 0.15) is 23.2 Å². The predicted molar refractivity (Wildman–Crippen MR) is 49.3 cm³/mol. The van der Waals surface area contributed by atoms with Crippen LogP contribution in [0.3, 0.4) is 0 Å². The van der Waals surface area contributed by atoms with Crippen LogP contribution in [0, 0.1) is 0 Å². The lowest BCUT2D eigenvalue weighted by Crippen LogP contribution is -2.14. The van der Waals surface area contributed by atoms with E-state index >= 15 is 0 Å². The second-order valence-corrected chi connectivity index (χ2v) is 4.32. The summed E-state index contributed by atoms with van der Waals surface area (Å²) < 4.78 is 30.6. The van der Waals surface area contributed by atoms with Crippen molar-refractivity contribution in [3.63, 3.8) is 0 Å². The van der Waals surface area contributed by atoms with Crippen LogP contribution in [0.5, 0.6) is 0 Å². The summed E-state index contributed by atoms with van der Waals surface area (Å²) in [6.07, 6.45) is 0. The third-order valence-corrected chi connectivity index (χ3v) is 2.07. The average molecular weight is 234 g/mol. The van der Waals surface area contributed by atoms with Gasteiger partial charge in [0.15, 0.2) is 11.5 Å². The molecule has 0 unspecified atom stereocenters. The molecule has 0 saturated heterocycles. The highest BCUT2D eigenvalue weighted by molar-refractivity contribution is 7.88. The first kappa shape index (κ1) is 11.7. The summed E-state index contributed by atoms with van der Waals surface area (Å²) in [4.78, 5) is 11.1. The van der Waals surface area contributed by atoms with Crippen molar-refractivity contribution < 1.29 is 22.5 Å². The summed E-state index contributed by atoms with van der Waals surface area (Å²) in [6, 6.07) is 1.18. The molecule has 1 rings (SSSR count). The van der Waals surface area contributed by atoms with Crippen molar-refractivity contribution in [3.8, 4) is 0 Å². The Hall–Kier alpha value is -1.41. The van der Waals surface area contributed by atoms with Crippen LogP contribution in [-0.4, -0.2) is 26.2 Å². The monoisotopic (exact) mass is 234 g/mol.